The molecule has 1 saturated heterocycles. The minimum Gasteiger partial charge on any atom is -0.394 e. The molecule has 1 heterocycles. The molecular weight excluding hydrogens is 240 g/mol. The van der Waals surface area contributed by atoms with E-state index in [9.17, 15) is 5.11 Å². The van der Waals surface area contributed by atoms with E-state index in [1.54, 1.807) is 0 Å². The van der Waals surface area contributed by atoms with Crippen LogP contribution in [0.1, 0.15) is 19.4 Å². The van der Waals surface area contributed by atoms with Crippen molar-refractivity contribution >= 4 is 0 Å². The summed E-state index contributed by atoms with van der Waals surface area (Å²) < 4.78 is 5.70. The highest BCUT2D eigenvalue weighted by Crippen LogP contribution is 2.23. The minimum absolute atomic E-state index is 0.0607. The van der Waals surface area contributed by atoms with Crippen LogP contribution in [-0.2, 0) is 10.3 Å². The van der Waals surface area contributed by atoms with Crippen molar-refractivity contribution in [3.63, 3.8) is 0 Å². The summed E-state index contributed by atoms with van der Waals surface area (Å²) >= 11 is 0. The van der Waals surface area contributed by atoms with Crippen LogP contribution in [0.15, 0.2) is 30.3 Å². The van der Waals surface area contributed by atoms with Crippen LogP contribution >= 0.6 is 0 Å². The maximum atomic E-state index is 9.72. The molecule has 0 aliphatic carbocycles. The second-order valence-corrected chi connectivity index (χ2v) is 6.00. The Hall–Kier alpha value is -0.940. The molecule has 2 rings (SSSR count). The van der Waals surface area contributed by atoms with Crippen LogP contribution in [0.5, 0.6) is 0 Å². The molecule has 1 fully saturated rings. The summed E-state index contributed by atoms with van der Waals surface area (Å²) in [5.41, 5.74) is 6.52. The molecule has 0 aromatic heterocycles. The number of benzene rings is 1. The van der Waals surface area contributed by atoms with Crippen molar-refractivity contribution in [2.45, 2.75) is 25.0 Å². The number of ether oxygens (including phenoxy) is 1. The highest BCUT2D eigenvalue weighted by molar-refractivity contribution is 5.24. The van der Waals surface area contributed by atoms with Gasteiger partial charge in [-0.1, -0.05) is 30.3 Å². The topological polar surface area (TPSA) is 58.7 Å². The van der Waals surface area contributed by atoms with Crippen molar-refractivity contribution in [3.05, 3.63) is 35.9 Å². The zero-order valence-corrected chi connectivity index (χ0v) is 11.8. The van der Waals surface area contributed by atoms with Gasteiger partial charge in [-0.2, -0.15) is 0 Å². The van der Waals surface area contributed by atoms with E-state index in [-0.39, 0.29) is 12.2 Å². The standard InChI is InChI=1S/C15H24N2O2/c1-14(2)10-17(8-9-19-14)11-15(16,12-18)13-6-4-3-5-7-13/h3-7,18H,8-12,16H2,1-2H3. The first-order valence-electron chi connectivity index (χ1n) is 6.77. The third kappa shape index (κ3) is 3.54. The average molecular weight is 264 g/mol. The second-order valence-electron chi connectivity index (χ2n) is 6.00. The van der Waals surface area contributed by atoms with Gasteiger partial charge in [0.15, 0.2) is 0 Å². The summed E-state index contributed by atoms with van der Waals surface area (Å²) in [7, 11) is 0. The molecular formula is C15H24N2O2. The Morgan fingerprint density at radius 2 is 2.05 bits per heavy atom. The molecule has 1 aliphatic heterocycles. The summed E-state index contributed by atoms with van der Waals surface area (Å²) in [5.74, 6) is 0. The first-order valence-corrected chi connectivity index (χ1v) is 6.77. The lowest BCUT2D eigenvalue weighted by molar-refractivity contribution is -0.0919. The number of rotatable bonds is 4. The van der Waals surface area contributed by atoms with Gasteiger partial charge in [0.1, 0.15) is 0 Å². The molecule has 19 heavy (non-hydrogen) atoms. The van der Waals surface area contributed by atoms with Gasteiger partial charge in [-0.3, -0.25) is 4.90 Å². The number of morpholine rings is 1. The van der Waals surface area contributed by atoms with Gasteiger partial charge in [0.25, 0.3) is 0 Å². The Labute approximate surface area is 115 Å². The van der Waals surface area contributed by atoms with E-state index >= 15 is 0 Å². The van der Waals surface area contributed by atoms with Crippen molar-refractivity contribution in [2.75, 3.05) is 32.8 Å². The summed E-state index contributed by atoms with van der Waals surface area (Å²) in [5, 5.41) is 9.72. The smallest absolute Gasteiger partial charge is 0.0772 e. The third-order valence-corrected chi connectivity index (χ3v) is 3.64. The average Bonchev–Trinajstić information content (AvgIpc) is 2.38. The van der Waals surface area contributed by atoms with E-state index in [1.165, 1.54) is 0 Å². The van der Waals surface area contributed by atoms with Crippen LogP contribution in [0.25, 0.3) is 0 Å². The number of nitrogens with two attached hydrogens (primary N) is 1. The predicted molar refractivity (Wildman–Crippen MR) is 75.9 cm³/mol. The Balaban J connectivity index is 2.10. The summed E-state index contributed by atoms with van der Waals surface area (Å²) in [6.07, 6.45) is 0. The fourth-order valence-corrected chi connectivity index (χ4v) is 2.65. The monoisotopic (exact) mass is 264 g/mol. The van der Waals surface area contributed by atoms with Crippen LogP contribution in [0, 0.1) is 0 Å². The molecule has 1 unspecified atom stereocenters. The predicted octanol–water partition coefficient (Wildman–Crippen LogP) is 0.944. The van der Waals surface area contributed by atoms with Gasteiger partial charge in [-0.25, -0.2) is 0 Å². The van der Waals surface area contributed by atoms with E-state index < -0.39 is 5.54 Å². The molecule has 0 radical (unpaired) electrons. The van der Waals surface area contributed by atoms with Gasteiger partial charge in [0, 0.05) is 19.6 Å². The molecule has 4 heteroatoms. The number of hydrogen-bond acceptors (Lipinski definition) is 4. The third-order valence-electron chi connectivity index (χ3n) is 3.64. The normalized spacial score (nSPS) is 22.9. The zero-order chi connectivity index (χ0) is 13.9. The lowest BCUT2D eigenvalue weighted by Crippen LogP contribution is -2.56. The van der Waals surface area contributed by atoms with Crippen molar-refractivity contribution < 1.29 is 9.84 Å². The highest BCUT2D eigenvalue weighted by atomic mass is 16.5. The number of hydrogen-bond donors (Lipinski definition) is 2. The van der Waals surface area contributed by atoms with E-state index in [4.69, 9.17) is 10.5 Å². The summed E-state index contributed by atoms with van der Waals surface area (Å²) in [6, 6.07) is 9.81. The van der Waals surface area contributed by atoms with Crippen LogP contribution in [0.3, 0.4) is 0 Å². The second kappa shape index (κ2) is 5.59. The molecule has 1 aliphatic rings. The van der Waals surface area contributed by atoms with Crippen LogP contribution in [0.2, 0.25) is 0 Å². The molecule has 1 atom stereocenters. The maximum Gasteiger partial charge on any atom is 0.0772 e. The molecule has 3 N–H and O–H groups in total. The largest absolute Gasteiger partial charge is 0.394 e. The van der Waals surface area contributed by atoms with Crippen molar-refractivity contribution in [2.24, 2.45) is 5.73 Å². The molecule has 1 aromatic rings. The van der Waals surface area contributed by atoms with E-state index in [0.29, 0.717) is 13.2 Å². The van der Waals surface area contributed by atoms with Gasteiger partial charge in [-0.05, 0) is 19.4 Å². The summed E-state index contributed by atoms with van der Waals surface area (Å²) in [6.45, 7) is 7.14. The fraction of sp³-hybridized carbons (Fsp3) is 0.600. The number of nitrogens with zero attached hydrogens (tertiary/aromatic N) is 1. The van der Waals surface area contributed by atoms with Crippen LogP contribution in [0.4, 0.5) is 0 Å². The lowest BCUT2D eigenvalue weighted by Gasteiger charge is -2.42. The van der Waals surface area contributed by atoms with E-state index in [0.717, 1.165) is 18.7 Å². The van der Waals surface area contributed by atoms with Crippen LogP contribution < -0.4 is 5.73 Å². The van der Waals surface area contributed by atoms with Gasteiger partial charge < -0.3 is 15.6 Å². The molecule has 0 amide bonds. The van der Waals surface area contributed by atoms with E-state index in [2.05, 4.69) is 18.7 Å². The Bertz CT molecular complexity index is 408. The Morgan fingerprint density at radius 1 is 1.37 bits per heavy atom. The van der Waals surface area contributed by atoms with Gasteiger partial charge in [0.05, 0.1) is 24.4 Å². The van der Waals surface area contributed by atoms with Gasteiger partial charge in [-0.15, -0.1) is 0 Å². The highest BCUT2D eigenvalue weighted by Gasteiger charge is 2.34. The van der Waals surface area contributed by atoms with Crippen molar-refractivity contribution in [1.82, 2.24) is 4.90 Å². The van der Waals surface area contributed by atoms with Crippen molar-refractivity contribution in [3.8, 4) is 0 Å². The molecule has 106 valence electrons. The van der Waals surface area contributed by atoms with Gasteiger partial charge in [0.2, 0.25) is 0 Å². The SMILES string of the molecule is CC1(C)CN(CC(N)(CO)c2ccccc2)CCO1. The Morgan fingerprint density at radius 3 is 2.63 bits per heavy atom. The van der Waals surface area contributed by atoms with Crippen LogP contribution in [-0.4, -0.2) is 48.5 Å². The fourth-order valence-electron chi connectivity index (χ4n) is 2.65. The molecule has 4 nitrogen and oxygen atoms in total. The molecule has 1 aromatic carbocycles. The lowest BCUT2D eigenvalue weighted by atomic mass is 9.90. The summed E-state index contributed by atoms with van der Waals surface area (Å²) in [4.78, 5) is 2.27. The Kier molecular flexibility index (Phi) is 4.26. The number of aliphatic hydroxyl groups is 1. The molecule has 0 bridgehead atoms. The minimum atomic E-state index is -0.714. The first kappa shape index (κ1) is 14.5. The first-order chi connectivity index (χ1) is 8.95. The van der Waals surface area contributed by atoms with E-state index in [1.807, 2.05) is 30.3 Å². The van der Waals surface area contributed by atoms with Crippen molar-refractivity contribution in [1.29, 1.82) is 0 Å². The zero-order valence-electron chi connectivity index (χ0n) is 11.8. The molecule has 0 spiro atoms. The van der Waals surface area contributed by atoms with Gasteiger partial charge >= 0.3 is 0 Å². The maximum absolute atomic E-state index is 9.72. The quantitative estimate of drug-likeness (QED) is 0.850. The number of aliphatic hydroxyl groups excluding tert-OH is 1. The molecule has 0 saturated carbocycles.